The molecular formula is C19H28N2O4S2. The van der Waals surface area contributed by atoms with Crippen molar-refractivity contribution in [1.29, 1.82) is 0 Å². The first kappa shape index (κ1) is 20.3. The van der Waals surface area contributed by atoms with E-state index in [1.165, 1.54) is 36.4 Å². The second kappa shape index (κ2) is 9.19. The Morgan fingerprint density at radius 2 is 2.00 bits per heavy atom. The molecule has 27 heavy (non-hydrogen) atoms. The van der Waals surface area contributed by atoms with Gasteiger partial charge in [0.25, 0.3) is 5.91 Å². The third kappa shape index (κ3) is 5.10. The van der Waals surface area contributed by atoms with E-state index in [1.807, 2.05) is 11.8 Å². The Morgan fingerprint density at radius 3 is 2.74 bits per heavy atom. The predicted octanol–water partition coefficient (Wildman–Crippen LogP) is 2.79. The van der Waals surface area contributed by atoms with Gasteiger partial charge >= 0.3 is 0 Å². The topological polar surface area (TPSA) is 75.7 Å². The number of nitrogens with one attached hydrogen (secondary N) is 1. The number of nitrogens with zero attached hydrogens (tertiary/aromatic N) is 1. The number of thioether (sulfide) groups is 1. The maximum atomic E-state index is 12.6. The number of carbonyl (C=O) groups is 1. The summed E-state index contributed by atoms with van der Waals surface area (Å²) in [4.78, 5) is 12.6. The minimum Gasteiger partial charge on any atom is -0.476 e. The van der Waals surface area contributed by atoms with Crippen LogP contribution in [0.1, 0.15) is 39.0 Å². The number of anilines is 1. The average Bonchev–Trinajstić information content (AvgIpc) is 2.71. The second-order valence-electron chi connectivity index (χ2n) is 6.93. The molecule has 2 aliphatic rings. The van der Waals surface area contributed by atoms with Gasteiger partial charge in [-0.2, -0.15) is 11.8 Å². The normalized spacial score (nSPS) is 20.6. The number of fused-ring (bicyclic) bond motifs is 1. The van der Waals surface area contributed by atoms with Crippen LogP contribution in [0, 0.1) is 0 Å². The summed E-state index contributed by atoms with van der Waals surface area (Å²) in [5.41, 5.74) is 0.497. The zero-order chi connectivity index (χ0) is 19.3. The molecule has 6 nitrogen and oxygen atoms in total. The number of para-hydroxylation sites is 2. The van der Waals surface area contributed by atoms with Gasteiger partial charge in [-0.15, -0.1) is 0 Å². The fraction of sp³-hybridized carbons (Fsp3) is 0.632. The summed E-state index contributed by atoms with van der Waals surface area (Å²) < 4.78 is 32.0. The highest BCUT2D eigenvalue weighted by Gasteiger charge is 2.35. The lowest BCUT2D eigenvalue weighted by Crippen LogP contribution is -2.51. The van der Waals surface area contributed by atoms with Crippen molar-refractivity contribution in [2.45, 2.75) is 50.4 Å². The van der Waals surface area contributed by atoms with Gasteiger partial charge in [0.2, 0.25) is 10.0 Å². The monoisotopic (exact) mass is 412 g/mol. The van der Waals surface area contributed by atoms with Crippen molar-refractivity contribution in [3.63, 3.8) is 0 Å². The number of rotatable bonds is 7. The molecule has 1 amide bonds. The van der Waals surface area contributed by atoms with Crippen LogP contribution in [-0.4, -0.2) is 50.3 Å². The molecule has 1 aromatic carbocycles. The fourth-order valence-electron chi connectivity index (χ4n) is 3.50. The quantitative estimate of drug-likeness (QED) is 0.697. The molecule has 1 fully saturated rings. The molecular weight excluding hydrogens is 384 g/mol. The molecule has 1 aliphatic carbocycles. The van der Waals surface area contributed by atoms with Crippen LogP contribution in [0.25, 0.3) is 0 Å². The zero-order valence-corrected chi connectivity index (χ0v) is 17.4. The molecule has 8 heteroatoms. The van der Waals surface area contributed by atoms with Crippen molar-refractivity contribution in [2.24, 2.45) is 0 Å². The van der Waals surface area contributed by atoms with E-state index in [-0.39, 0.29) is 18.2 Å². The van der Waals surface area contributed by atoms with Crippen molar-refractivity contribution in [2.75, 3.05) is 28.9 Å². The summed E-state index contributed by atoms with van der Waals surface area (Å²) in [5.74, 6) is 1.02. The van der Waals surface area contributed by atoms with Crippen LogP contribution in [0.4, 0.5) is 5.69 Å². The summed E-state index contributed by atoms with van der Waals surface area (Å²) in [6.07, 6.45) is 5.66. The minimum absolute atomic E-state index is 0.00872. The molecule has 0 unspecified atom stereocenters. The lowest BCUT2D eigenvalue weighted by atomic mass is 10.0. The van der Waals surface area contributed by atoms with Crippen molar-refractivity contribution < 1.29 is 17.9 Å². The summed E-state index contributed by atoms with van der Waals surface area (Å²) in [7, 11) is -3.47. The molecule has 0 spiro atoms. The number of ether oxygens (including phenoxy) is 1. The van der Waals surface area contributed by atoms with E-state index in [1.54, 1.807) is 31.2 Å². The van der Waals surface area contributed by atoms with Crippen LogP contribution < -0.4 is 14.4 Å². The van der Waals surface area contributed by atoms with Gasteiger partial charge in [-0.25, -0.2) is 8.42 Å². The lowest BCUT2D eigenvalue weighted by Gasteiger charge is -2.34. The van der Waals surface area contributed by atoms with E-state index in [9.17, 15) is 13.2 Å². The van der Waals surface area contributed by atoms with E-state index >= 15 is 0 Å². The van der Waals surface area contributed by atoms with Crippen LogP contribution in [-0.2, 0) is 14.8 Å². The molecule has 1 N–H and O–H groups in total. The van der Waals surface area contributed by atoms with Gasteiger partial charge in [0.05, 0.1) is 18.0 Å². The Kier molecular flexibility index (Phi) is 6.92. The van der Waals surface area contributed by atoms with Crippen LogP contribution in [0.15, 0.2) is 24.3 Å². The summed E-state index contributed by atoms with van der Waals surface area (Å²) in [6.45, 7) is 2.18. The molecule has 1 saturated carbocycles. The van der Waals surface area contributed by atoms with E-state index < -0.39 is 16.1 Å². The summed E-state index contributed by atoms with van der Waals surface area (Å²) in [5, 5.41) is 3.61. The van der Waals surface area contributed by atoms with Crippen molar-refractivity contribution >= 4 is 33.4 Å². The van der Waals surface area contributed by atoms with Crippen LogP contribution >= 0.6 is 11.8 Å². The van der Waals surface area contributed by atoms with Crippen LogP contribution in [0.3, 0.4) is 0 Å². The highest BCUT2D eigenvalue weighted by Crippen LogP contribution is 2.35. The summed E-state index contributed by atoms with van der Waals surface area (Å²) >= 11 is 1.92. The average molecular weight is 413 g/mol. The molecule has 1 aromatic rings. The molecule has 150 valence electrons. The highest BCUT2D eigenvalue weighted by molar-refractivity contribution is 7.99. The summed E-state index contributed by atoms with van der Waals surface area (Å²) in [6, 6.07) is 6.95. The third-order valence-corrected chi connectivity index (χ3v) is 8.16. The van der Waals surface area contributed by atoms with Crippen molar-refractivity contribution in [3.8, 4) is 5.75 Å². The van der Waals surface area contributed by atoms with Crippen molar-refractivity contribution in [1.82, 2.24) is 5.32 Å². The predicted molar refractivity (Wildman–Crippen MR) is 110 cm³/mol. The van der Waals surface area contributed by atoms with Crippen LogP contribution in [0.5, 0.6) is 5.75 Å². The lowest BCUT2D eigenvalue weighted by molar-refractivity contribution is -0.127. The fourth-order valence-corrected chi connectivity index (χ4v) is 5.85. The van der Waals surface area contributed by atoms with E-state index in [0.29, 0.717) is 23.2 Å². The Hall–Kier alpha value is -1.41. The van der Waals surface area contributed by atoms with Gasteiger partial charge in [0.1, 0.15) is 5.75 Å². The number of hydrogen-bond donors (Lipinski definition) is 1. The van der Waals surface area contributed by atoms with Crippen molar-refractivity contribution in [3.05, 3.63) is 24.3 Å². The number of amides is 1. The molecule has 1 atom stereocenters. The Morgan fingerprint density at radius 1 is 1.26 bits per heavy atom. The molecule has 3 rings (SSSR count). The first-order valence-electron chi connectivity index (χ1n) is 9.66. The van der Waals surface area contributed by atoms with Crippen LogP contribution in [0.2, 0.25) is 0 Å². The maximum Gasteiger partial charge on any atom is 0.263 e. The van der Waals surface area contributed by atoms with Gasteiger partial charge in [-0.1, -0.05) is 31.4 Å². The van der Waals surface area contributed by atoms with Gasteiger partial charge < -0.3 is 10.1 Å². The number of carbonyl (C=O) groups excluding carboxylic acids is 1. The SMILES string of the molecule is CCS(=O)(=O)N1C[C@H](C(=O)NCCSC2CCCCC2)Oc2ccccc21. The van der Waals surface area contributed by atoms with Gasteiger partial charge in [-0.3, -0.25) is 9.10 Å². The molecule has 1 heterocycles. The minimum atomic E-state index is -3.47. The number of sulfonamides is 1. The second-order valence-corrected chi connectivity index (χ2v) is 10.5. The molecule has 0 aromatic heterocycles. The Labute approximate surface area is 166 Å². The highest BCUT2D eigenvalue weighted by atomic mass is 32.2. The Bertz CT molecular complexity index is 748. The van der Waals surface area contributed by atoms with E-state index in [0.717, 1.165) is 5.75 Å². The van der Waals surface area contributed by atoms with E-state index in [2.05, 4.69) is 5.32 Å². The standard InChI is InChI=1S/C19H28N2O4S2/c1-2-27(23,24)21-14-18(25-17-11-7-6-10-16(17)21)19(22)20-12-13-26-15-8-4-3-5-9-15/h6-7,10-11,15,18H,2-5,8-9,12-14H2,1H3,(H,20,22)/t18-/m1/s1. The molecule has 0 bridgehead atoms. The first-order chi connectivity index (χ1) is 13.0. The number of benzene rings is 1. The smallest absolute Gasteiger partial charge is 0.263 e. The van der Waals surface area contributed by atoms with Gasteiger partial charge in [0, 0.05) is 17.5 Å². The zero-order valence-electron chi connectivity index (χ0n) is 15.7. The van der Waals surface area contributed by atoms with Gasteiger partial charge in [-0.05, 0) is 31.9 Å². The molecule has 0 radical (unpaired) electrons. The Balaban J connectivity index is 1.57. The van der Waals surface area contributed by atoms with E-state index in [4.69, 9.17) is 4.74 Å². The number of hydrogen-bond acceptors (Lipinski definition) is 5. The van der Waals surface area contributed by atoms with Gasteiger partial charge in [0.15, 0.2) is 6.10 Å². The third-order valence-electron chi connectivity index (χ3n) is 5.03. The molecule has 0 saturated heterocycles. The largest absolute Gasteiger partial charge is 0.476 e. The maximum absolute atomic E-state index is 12.6. The molecule has 1 aliphatic heterocycles. The first-order valence-corrected chi connectivity index (χ1v) is 12.3.